The van der Waals surface area contributed by atoms with Gasteiger partial charge in [-0.15, -0.1) is 11.3 Å². The molecule has 0 radical (unpaired) electrons. The molecule has 0 aromatic carbocycles. The molecule has 3 heterocycles. The van der Waals surface area contributed by atoms with Gasteiger partial charge in [0.1, 0.15) is 12.4 Å². The lowest BCUT2D eigenvalue weighted by molar-refractivity contribution is 0.0940. The van der Waals surface area contributed by atoms with Crippen LogP contribution in [-0.4, -0.2) is 48.0 Å². The van der Waals surface area contributed by atoms with Crippen molar-refractivity contribution in [3.05, 3.63) is 40.4 Å². The number of methoxy groups -OCH3 is 2. The Kier molecular flexibility index (Phi) is 5.29. The van der Waals surface area contributed by atoms with E-state index in [1.54, 1.807) is 42.6 Å². The standard InChI is InChI=1S/C19H22N4O4S/c1-22-14-5-7-16-17(13(14)10-20-22)21-19(28-16)23(8-9-25-2)18(24)15-6-4-12(27-15)11-26-3/h4,6,10H,5,7-9,11H2,1-3H3. The number of amides is 1. The van der Waals surface area contributed by atoms with Crippen molar-refractivity contribution in [3.8, 4) is 11.3 Å². The monoisotopic (exact) mass is 402 g/mol. The molecule has 28 heavy (non-hydrogen) atoms. The van der Waals surface area contributed by atoms with Gasteiger partial charge in [-0.2, -0.15) is 5.10 Å². The van der Waals surface area contributed by atoms with Gasteiger partial charge in [0.15, 0.2) is 10.9 Å². The lowest BCUT2D eigenvalue weighted by Gasteiger charge is -2.18. The van der Waals surface area contributed by atoms with E-state index < -0.39 is 0 Å². The molecule has 0 saturated heterocycles. The highest BCUT2D eigenvalue weighted by Gasteiger charge is 2.29. The molecule has 0 unspecified atom stereocenters. The van der Waals surface area contributed by atoms with Gasteiger partial charge in [0, 0.05) is 37.4 Å². The van der Waals surface area contributed by atoms with Crippen LogP contribution in [0.2, 0.25) is 0 Å². The smallest absolute Gasteiger partial charge is 0.295 e. The van der Waals surface area contributed by atoms with Gasteiger partial charge < -0.3 is 13.9 Å². The van der Waals surface area contributed by atoms with Crippen molar-refractivity contribution in [1.29, 1.82) is 0 Å². The molecular formula is C19H22N4O4S. The summed E-state index contributed by atoms with van der Waals surface area (Å²) in [5.74, 6) is 0.631. The van der Waals surface area contributed by atoms with Crippen LogP contribution in [0.25, 0.3) is 11.3 Å². The van der Waals surface area contributed by atoms with Crippen LogP contribution in [0.1, 0.15) is 26.9 Å². The lowest BCUT2D eigenvalue weighted by atomic mass is 10.0. The number of furan rings is 1. The molecule has 8 nitrogen and oxygen atoms in total. The SMILES string of the molecule is COCCN(C(=O)c1ccc(COC)o1)c1nc2c(s1)CCc1c-2cnn1C. The number of aryl methyl sites for hydroxylation is 2. The normalized spacial score (nSPS) is 12.7. The van der Waals surface area contributed by atoms with Gasteiger partial charge in [0.05, 0.1) is 25.0 Å². The van der Waals surface area contributed by atoms with E-state index in [2.05, 4.69) is 5.10 Å². The van der Waals surface area contributed by atoms with Crippen molar-refractivity contribution in [2.45, 2.75) is 19.4 Å². The molecule has 0 fully saturated rings. The molecule has 1 aliphatic carbocycles. The Morgan fingerprint density at radius 2 is 2.18 bits per heavy atom. The first-order valence-electron chi connectivity index (χ1n) is 9.01. The van der Waals surface area contributed by atoms with Gasteiger partial charge in [-0.1, -0.05) is 0 Å². The molecule has 0 aliphatic heterocycles. The maximum atomic E-state index is 13.1. The number of carbonyl (C=O) groups is 1. The van der Waals surface area contributed by atoms with E-state index in [0.717, 1.165) is 24.1 Å². The zero-order chi connectivity index (χ0) is 19.7. The number of hydrogen-bond donors (Lipinski definition) is 0. The van der Waals surface area contributed by atoms with E-state index in [9.17, 15) is 4.79 Å². The van der Waals surface area contributed by atoms with Crippen molar-refractivity contribution in [1.82, 2.24) is 14.8 Å². The van der Waals surface area contributed by atoms with E-state index in [1.165, 1.54) is 10.6 Å². The predicted molar refractivity (Wildman–Crippen MR) is 105 cm³/mol. The number of thiazole rings is 1. The van der Waals surface area contributed by atoms with Crippen LogP contribution in [0.4, 0.5) is 5.13 Å². The molecule has 9 heteroatoms. The summed E-state index contributed by atoms with van der Waals surface area (Å²) in [5, 5.41) is 5.00. The highest BCUT2D eigenvalue weighted by molar-refractivity contribution is 7.16. The Morgan fingerprint density at radius 3 is 2.96 bits per heavy atom. The van der Waals surface area contributed by atoms with Crippen LogP contribution in [0.15, 0.2) is 22.7 Å². The molecule has 0 bridgehead atoms. The third-order valence-electron chi connectivity index (χ3n) is 4.75. The van der Waals surface area contributed by atoms with E-state index >= 15 is 0 Å². The Balaban J connectivity index is 1.67. The van der Waals surface area contributed by atoms with E-state index in [0.29, 0.717) is 30.7 Å². The average Bonchev–Trinajstić information content (AvgIpc) is 3.40. The van der Waals surface area contributed by atoms with Crippen molar-refractivity contribution >= 4 is 22.4 Å². The summed E-state index contributed by atoms with van der Waals surface area (Å²) in [4.78, 5) is 20.7. The minimum absolute atomic E-state index is 0.239. The third-order valence-corrected chi connectivity index (χ3v) is 5.88. The topological polar surface area (TPSA) is 82.6 Å². The second kappa shape index (κ2) is 7.86. The van der Waals surface area contributed by atoms with Gasteiger partial charge in [-0.3, -0.25) is 14.4 Å². The molecule has 0 saturated carbocycles. The summed E-state index contributed by atoms with van der Waals surface area (Å²) < 4.78 is 17.8. The number of anilines is 1. The van der Waals surface area contributed by atoms with Crippen LogP contribution in [0, 0.1) is 0 Å². The summed E-state index contributed by atoms with van der Waals surface area (Å²) in [6, 6.07) is 3.42. The number of aromatic nitrogens is 3. The Bertz CT molecular complexity index is 990. The van der Waals surface area contributed by atoms with Crippen LogP contribution < -0.4 is 4.90 Å². The number of ether oxygens (including phenoxy) is 2. The summed E-state index contributed by atoms with van der Waals surface area (Å²) in [6.45, 7) is 1.11. The Labute approximate surface area is 166 Å². The highest BCUT2D eigenvalue weighted by atomic mass is 32.1. The molecule has 0 N–H and O–H groups in total. The van der Waals surface area contributed by atoms with E-state index in [4.69, 9.17) is 18.9 Å². The predicted octanol–water partition coefficient (Wildman–Crippen LogP) is 2.67. The van der Waals surface area contributed by atoms with Crippen molar-refractivity contribution in [2.24, 2.45) is 7.05 Å². The first-order valence-corrected chi connectivity index (χ1v) is 9.83. The quantitative estimate of drug-likeness (QED) is 0.604. The molecule has 3 aromatic heterocycles. The molecule has 1 aliphatic rings. The van der Waals surface area contributed by atoms with Gasteiger partial charge >= 0.3 is 0 Å². The third kappa shape index (κ3) is 3.36. The lowest BCUT2D eigenvalue weighted by Crippen LogP contribution is -2.33. The first kappa shape index (κ1) is 18.9. The zero-order valence-electron chi connectivity index (χ0n) is 16.1. The second-order valence-corrected chi connectivity index (χ2v) is 7.61. The first-order chi connectivity index (χ1) is 13.6. The van der Waals surface area contributed by atoms with Crippen molar-refractivity contribution in [2.75, 3.05) is 32.3 Å². The number of fused-ring (bicyclic) bond motifs is 3. The van der Waals surface area contributed by atoms with Crippen molar-refractivity contribution < 1.29 is 18.7 Å². The van der Waals surface area contributed by atoms with Gasteiger partial charge in [-0.25, -0.2) is 4.98 Å². The average molecular weight is 402 g/mol. The minimum Gasteiger partial charge on any atom is -0.453 e. The van der Waals surface area contributed by atoms with Crippen LogP contribution in [-0.2, 0) is 36.0 Å². The second-order valence-electron chi connectivity index (χ2n) is 6.55. The van der Waals surface area contributed by atoms with Crippen LogP contribution in [0.3, 0.4) is 0 Å². The number of nitrogens with zero attached hydrogens (tertiary/aromatic N) is 4. The van der Waals surface area contributed by atoms with Gasteiger partial charge in [-0.05, 0) is 25.0 Å². The van der Waals surface area contributed by atoms with E-state index in [1.807, 2.05) is 17.9 Å². The highest BCUT2D eigenvalue weighted by Crippen LogP contribution is 2.39. The summed E-state index contributed by atoms with van der Waals surface area (Å²) in [7, 11) is 5.14. The number of carbonyl (C=O) groups excluding carboxylic acids is 1. The van der Waals surface area contributed by atoms with Gasteiger partial charge in [0.2, 0.25) is 0 Å². The largest absolute Gasteiger partial charge is 0.453 e. The van der Waals surface area contributed by atoms with Crippen LogP contribution >= 0.6 is 11.3 Å². The maximum Gasteiger partial charge on any atom is 0.295 e. The molecule has 148 valence electrons. The van der Waals surface area contributed by atoms with Crippen molar-refractivity contribution in [3.63, 3.8) is 0 Å². The molecule has 0 spiro atoms. The number of rotatable bonds is 7. The number of hydrogen-bond acceptors (Lipinski definition) is 7. The fourth-order valence-electron chi connectivity index (χ4n) is 3.34. The summed E-state index contributed by atoms with van der Waals surface area (Å²) in [5.41, 5.74) is 3.14. The zero-order valence-corrected chi connectivity index (χ0v) is 16.9. The fourth-order valence-corrected chi connectivity index (χ4v) is 4.43. The Hall–Kier alpha value is -2.49. The molecule has 1 amide bonds. The molecular weight excluding hydrogens is 380 g/mol. The minimum atomic E-state index is -0.239. The van der Waals surface area contributed by atoms with Gasteiger partial charge in [0.25, 0.3) is 5.91 Å². The molecule has 4 rings (SSSR count). The molecule has 0 atom stereocenters. The van der Waals surface area contributed by atoms with E-state index in [-0.39, 0.29) is 11.7 Å². The molecule has 3 aromatic rings. The maximum absolute atomic E-state index is 13.1. The summed E-state index contributed by atoms with van der Waals surface area (Å²) in [6.07, 6.45) is 3.66. The Morgan fingerprint density at radius 1 is 1.32 bits per heavy atom. The summed E-state index contributed by atoms with van der Waals surface area (Å²) >= 11 is 1.54. The van der Waals surface area contributed by atoms with Crippen LogP contribution in [0.5, 0.6) is 0 Å². The fraction of sp³-hybridized carbons (Fsp3) is 0.421.